The topological polar surface area (TPSA) is 218 Å². The molecule has 1 fully saturated rings. The van der Waals surface area contributed by atoms with Crippen molar-refractivity contribution in [1.82, 2.24) is 0 Å². The van der Waals surface area contributed by atoms with E-state index in [0.29, 0.717) is 5.56 Å². The molecule has 0 unspecified atom stereocenters. The van der Waals surface area contributed by atoms with Crippen LogP contribution in [-0.4, -0.2) is 89.1 Å². The van der Waals surface area contributed by atoms with E-state index in [1.807, 2.05) is 0 Å². The lowest BCUT2D eigenvalue weighted by atomic mass is 9.99. The molecule has 0 aliphatic carbocycles. The van der Waals surface area contributed by atoms with Gasteiger partial charge in [0.15, 0.2) is 28.8 Å². The maximum Gasteiger partial charge on any atom is 0.229 e. The number of ketones is 1. The number of benzene rings is 2. The second-order valence-corrected chi connectivity index (χ2v) is 7.23. The molecular weight excluding hydrogens is 444 g/mol. The van der Waals surface area contributed by atoms with Crippen molar-refractivity contribution >= 4 is 11.9 Å². The van der Waals surface area contributed by atoms with Crippen LogP contribution in [-0.2, 0) is 4.74 Å². The number of aliphatic hydroxyl groups excluding tert-OH is 4. The summed E-state index contributed by atoms with van der Waals surface area (Å²) < 4.78 is 10.3. The molecule has 0 aromatic heterocycles. The third-order valence-electron chi connectivity index (χ3n) is 4.98. The van der Waals surface area contributed by atoms with Crippen molar-refractivity contribution in [3.8, 4) is 34.5 Å². The summed E-state index contributed by atoms with van der Waals surface area (Å²) in [4.78, 5) is 12.5. The summed E-state index contributed by atoms with van der Waals surface area (Å²) in [5.74, 6) is -5.23. The van der Waals surface area contributed by atoms with Crippen LogP contribution in [0.5, 0.6) is 34.5 Å². The van der Waals surface area contributed by atoms with Crippen LogP contribution in [0.2, 0.25) is 0 Å². The quantitative estimate of drug-likeness (QED) is 0.112. The first kappa shape index (κ1) is 24.1. The molecule has 0 bridgehead atoms. The molecule has 12 heteroatoms. The number of carbonyl (C=O) groups is 1. The van der Waals surface area contributed by atoms with Crippen LogP contribution in [0.3, 0.4) is 0 Å². The lowest BCUT2D eigenvalue weighted by molar-refractivity contribution is -0.277. The number of ether oxygens (including phenoxy) is 2. The molecule has 0 amide bonds. The predicted molar refractivity (Wildman–Crippen MR) is 109 cm³/mol. The van der Waals surface area contributed by atoms with Crippen molar-refractivity contribution in [3.63, 3.8) is 0 Å². The van der Waals surface area contributed by atoms with E-state index in [4.69, 9.17) is 9.47 Å². The number of hydrogen-bond donors (Lipinski definition) is 9. The van der Waals surface area contributed by atoms with Gasteiger partial charge in [0.1, 0.15) is 35.7 Å². The average molecular weight is 466 g/mol. The van der Waals surface area contributed by atoms with E-state index in [-0.39, 0.29) is 5.75 Å². The number of hydrogen-bond acceptors (Lipinski definition) is 12. The van der Waals surface area contributed by atoms with Gasteiger partial charge in [-0.2, -0.15) is 0 Å². The molecule has 0 spiro atoms. The second-order valence-electron chi connectivity index (χ2n) is 7.23. The van der Waals surface area contributed by atoms with Crippen molar-refractivity contribution in [1.29, 1.82) is 0 Å². The number of phenols is 5. The Labute approximate surface area is 186 Å². The Balaban J connectivity index is 1.84. The van der Waals surface area contributed by atoms with Crippen molar-refractivity contribution in [2.75, 3.05) is 6.61 Å². The Morgan fingerprint density at radius 3 is 2.24 bits per heavy atom. The first-order valence-corrected chi connectivity index (χ1v) is 9.54. The SMILES string of the molecule is O=C(C=Cc1ccc(O)c(O)c1)c1c(O)cc(O[C@H]2O[C@@H](CO)[C@@H](O)[C@@H](O)[C@H]2O)c(O)c1O. The molecule has 0 radical (unpaired) electrons. The summed E-state index contributed by atoms with van der Waals surface area (Å²) in [6, 6.07) is 4.48. The summed E-state index contributed by atoms with van der Waals surface area (Å²) in [5.41, 5.74) is -0.377. The van der Waals surface area contributed by atoms with Crippen LogP contribution >= 0.6 is 0 Å². The highest BCUT2D eigenvalue weighted by Crippen LogP contribution is 2.44. The van der Waals surface area contributed by atoms with Gasteiger partial charge in [-0.3, -0.25) is 4.79 Å². The zero-order chi connectivity index (χ0) is 24.4. The Kier molecular flexibility index (Phi) is 6.95. The molecule has 2 aromatic rings. The molecule has 9 N–H and O–H groups in total. The summed E-state index contributed by atoms with van der Waals surface area (Å²) in [5, 5.41) is 88.3. The highest BCUT2D eigenvalue weighted by Gasteiger charge is 2.45. The van der Waals surface area contributed by atoms with Crippen LogP contribution in [0.25, 0.3) is 6.08 Å². The Bertz CT molecular complexity index is 1060. The summed E-state index contributed by atoms with van der Waals surface area (Å²) in [6.45, 7) is -0.730. The molecule has 1 heterocycles. The lowest BCUT2D eigenvalue weighted by Gasteiger charge is -2.39. The standard InChI is InChI=1S/C21H22O12/c22-7-14-17(28)19(30)20(31)21(33-14)32-13-6-12(26)15(18(29)16(13)27)10(24)4-2-8-1-3-9(23)11(25)5-8/h1-6,14,17,19-23,25-31H,7H2/t14-,17+,19+,20+,21-/m0/s1. The van der Waals surface area contributed by atoms with Gasteiger partial charge in [0.2, 0.25) is 12.0 Å². The molecule has 12 nitrogen and oxygen atoms in total. The van der Waals surface area contributed by atoms with Crippen LogP contribution < -0.4 is 4.74 Å². The summed E-state index contributed by atoms with van der Waals surface area (Å²) in [6.07, 6.45) is -6.11. The fourth-order valence-corrected chi connectivity index (χ4v) is 3.14. The first-order valence-electron chi connectivity index (χ1n) is 9.54. The van der Waals surface area contributed by atoms with Gasteiger partial charge in [0.05, 0.1) is 6.61 Å². The minimum absolute atomic E-state index is 0.310. The maximum atomic E-state index is 12.5. The van der Waals surface area contributed by atoms with Gasteiger partial charge in [0.25, 0.3) is 0 Å². The molecule has 3 rings (SSSR count). The van der Waals surface area contributed by atoms with E-state index >= 15 is 0 Å². The third kappa shape index (κ3) is 4.79. The van der Waals surface area contributed by atoms with Crippen LogP contribution in [0.4, 0.5) is 0 Å². The average Bonchev–Trinajstić information content (AvgIpc) is 2.78. The maximum absolute atomic E-state index is 12.5. The van der Waals surface area contributed by atoms with Crippen molar-refractivity contribution in [3.05, 3.63) is 41.5 Å². The molecule has 0 saturated carbocycles. The lowest BCUT2D eigenvalue weighted by Crippen LogP contribution is -2.60. The smallest absolute Gasteiger partial charge is 0.229 e. The van der Waals surface area contributed by atoms with Crippen molar-refractivity contribution < 1.29 is 60.2 Å². The number of aliphatic hydroxyl groups is 4. The number of allylic oxidation sites excluding steroid dienone is 1. The molecule has 178 valence electrons. The zero-order valence-electron chi connectivity index (χ0n) is 16.8. The van der Waals surface area contributed by atoms with Crippen molar-refractivity contribution in [2.24, 2.45) is 0 Å². The van der Waals surface area contributed by atoms with Crippen LogP contribution in [0, 0.1) is 0 Å². The predicted octanol–water partition coefficient (Wildman–Crippen LogP) is -0.711. The minimum Gasteiger partial charge on any atom is -0.507 e. The largest absolute Gasteiger partial charge is 0.507 e. The van der Waals surface area contributed by atoms with Gasteiger partial charge in [-0.15, -0.1) is 0 Å². The second kappa shape index (κ2) is 9.52. The summed E-state index contributed by atoms with van der Waals surface area (Å²) >= 11 is 0. The van der Waals surface area contributed by atoms with Crippen LogP contribution in [0.15, 0.2) is 30.3 Å². The van der Waals surface area contributed by atoms with Gasteiger partial charge in [-0.1, -0.05) is 12.1 Å². The normalized spacial score (nSPS) is 25.3. The highest BCUT2D eigenvalue weighted by atomic mass is 16.7. The Morgan fingerprint density at radius 2 is 1.61 bits per heavy atom. The van der Waals surface area contributed by atoms with E-state index in [9.17, 15) is 50.8 Å². The molecule has 33 heavy (non-hydrogen) atoms. The number of aromatic hydroxyl groups is 5. The molecular formula is C21H22O12. The van der Waals surface area contributed by atoms with E-state index < -0.39 is 77.4 Å². The van der Waals surface area contributed by atoms with Gasteiger partial charge in [-0.25, -0.2) is 0 Å². The minimum atomic E-state index is -1.82. The molecule has 1 saturated heterocycles. The monoisotopic (exact) mass is 466 g/mol. The van der Waals surface area contributed by atoms with Gasteiger partial charge >= 0.3 is 0 Å². The van der Waals surface area contributed by atoms with Gasteiger partial charge < -0.3 is 55.4 Å². The zero-order valence-corrected chi connectivity index (χ0v) is 16.8. The Morgan fingerprint density at radius 1 is 0.909 bits per heavy atom. The Hall–Kier alpha value is -3.55. The fraction of sp³-hybridized carbons (Fsp3) is 0.286. The molecule has 5 atom stereocenters. The van der Waals surface area contributed by atoms with Gasteiger partial charge in [-0.05, 0) is 23.8 Å². The first-order chi connectivity index (χ1) is 15.5. The summed E-state index contributed by atoms with van der Waals surface area (Å²) in [7, 11) is 0. The van der Waals surface area contributed by atoms with Crippen molar-refractivity contribution in [2.45, 2.75) is 30.7 Å². The van der Waals surface area contributed by atoms with Crippen LogP contribution in [0.1, 0.15) is 15.9 Å². The van der Waals surface area contributed by atoms with E-state index in [0.717, 1.165) is 18.2 Å². The highest BCUT2D eigenvalue weighted by molar-refractivity contribution is 6.11. The number of carbonyl (C=O) groups excluding carboxylic acids is 1. The molecule has 2 aromatic carbocycles. The van der Waals surface area contributed by atoms with Gasteiger partial charge in [0, 0.05) is 6.07 Å². The molecule has 1 aliphatic rings. The van der Waals surface area contributed by atoms with E-state index in [2.05, 4.69) is 0 Å². The fourth-order valence-electron chi connectivity index (χ4n) is 3.14. The third-order valence-corrected chi connectivity index (χ3v) is 4.98. The molecule has 1 aliphatic heterocycles. The number of rotatable bonds is 6. The van der Waals surface area contributed by atoms with E-state index in [1.54, 1.807) is 0 Å². The van der Waals surface area contributed by atoms with E-state index in [1.165, 1.54) is 18.2 Å². The number of phenolic OH excluding ortho intramolecular Hbond substituents is 5.